The molecule has 1 aliphatic heterocycles. The molecule has 1 aliphatic rings. The van der Waals surface area contributed by atoms with E-state index in [9.17, 15) is 13.2 Å². The zero-order valence-electron chi connectivity index (χ0n) is 16.8. The largest absolute Gasteiger partial charge is 0.463 e. The van der Waals surface area contributed by atoms with Crippen LogP contribution in [0.4, 0.5) is 5.82 Å². The van der Waals surface area contributed by atoms with Gasteiger partial charge in [-0.05, 0) is 38.5 Å². The van der Waals surface area contributed by atoms with E-state index in [0.29, 0.717) is 46.0 Å². The number of nitrogens with zero attached hydrogens (tertiary/aromatic N) is 4. The summed E-state index contributed by atoms with van der Waals surface area (Å²) in [6.07, 6.45) is 1.98. The molecule has 11 heteroatoms. The van der Waals surface area contributed by atoms with Crippen LogP contribution in [0.3, 0.4) is 0 Å². The molecule has 1 amide bonds. The highest BCUT2D eigenvalue weighted by Gasteiger charge is 2.31. The Hall–Kier alpha value is -3.47. The first-order valence-electron chi connectivity index (χ1n) is 9.69. The van der Waals surface area contributed by atoms with Gasteiger partial charge in [-0.2, -0.15) is 5.10 Å². The Labute approximate surface area is 177 Å². The van der Waals surface area contributed by atoms with Crippen molar-refractivity contribution >= 4 is 32.7 Å². The van der Waals surface area contributed by atoms with Crippen LogP contribution in [0.25, 0.3) is 22.6 Å². The van der Waals surface area contributed by atoms with E-state index in [1.54, 1.807) is 42.8 Å². The molecule has 10 nitrogen and oxygen atoms in total. The molecule has 0 radical (unpaired) electrons. The van der Waals surface area contributed by atoms with Crippen LogP contribution in [0.1, 0.15) is 34.2 Å². The number of hydrogen-bond donors (Lipinski definition) is 1. The molecular formula is C20H19N5O5S. The molecule has 31 heavy (non-hydrogen) atoms. The Morgan fingerprint density at radius 3 is 2.84 bits per heavy atom. The maximum absolute atomic E-state index is 13.3. The third-order valence-corrected chi connectivity index (χ3v) is 7.04. The number of pyridine rings is 1. The van der Waals surface area contributed by atoms with Gasteiger partial charge in [0, 0.05) is 6.07 Å². The minimum absolute atomic E-state index is 0.00386. The van der Waals surface area contributed by atoms with Crippen molar-refractivity contribution in [2.75, 3.05) is 16.8 Å². The molecule has 1 unspecified atom stereocenters. The second-order valence-corrected chi connectivity index (χ2v) is 9.84. The average molecular weight is 441 g/mol. The average Bonchev–Trinajstić information content (AvgIpc) is 3.49. The fourth-order valence-electron chi connectivity index (χ4n) is 3.86. The monoisotopic (exact) mass is 441 g/mol. The maximum Gasteiger partial charge on any atom is 0.259 e. The molecule has 1 fully saturated rings. The molecule has 5 rings (SSSR count). The summed E-state index contributed by atoms with van der Waals surface area (Å²) in [7, 11) is -3.10. The van der Waals surface area contributed by atoms with Crippen LogP contribution in [0.15, 0.2) is 39.5 Å². The maximum atomic E-state index is 13.3. The van der Waals surface area contributed by atoms with Gasteiger partial charge in [0.2, 0.25) is 0 Å². The molecule has 160 valence electrons. The van der Waals surface area contributed by atoms with Gasteiger partial charge in [-0.15, -0.1) is 0 Å². The fraction of sp³-hybridized carbons (Fsp3) is 0.300. The molecule has 1 atom stereocenters. The Kier molecular flexibility index (Phi) is 4.43. The number of aromatic nitrogens is 4. The standard InChI is InChI=1S/C20H19N5O5S/c1-11-8-17(25(23-11)13-5-7-31(27,28)10-13)22-19(26)14-9-15(16-4-3-6-29-16)21-20-18(14)12(2)24-30-20/h3-4,6,8-9,13H,5,7,10H2,1-2H3,(H,22,26). The number of amides is 1. The highest BCUT2D eigenvalue weighted by molar-refractivity contribution is 7.91. The molecule has 4 aromatic heterocycles. The van der Waals surface area contributed by atoms with Gasteiger partial charge in [0.1, 0.15) is 11.5 Å². The van der Waals surface area contributed by atoms with E-state index in [2.05, 4.69) is 20.6 Å². The van der Waals surface area contributed by atoms with Gasteiger partial charge < -0.3 is 14.3 Å². The lowest BCUT2D eigenvalue weighted by Crippen LogP contribution is -2.20. The number of carbonyl (C=O) groups excluding carboxylic acids is 1. The summed E-state index contributed by atoms with van der Waals surface area (Å²) < 4.78 is 36.1. The Balaban J connectivity index is 1.54. The highest BCUT2D eigenvalue weighted by atomic mass is 32.2. The first-order chi connectivity index (χ1) is 14.8. The summed E-state index contributed by atoms with van der Waals surface area (Å²) in [6.45, 7) is 3.52. The molecule has 0 spiro atoms. The minimum atomic E-state index is -3.10. The normalized spacial score (nSPS) is 17.9. The van der Waals surface area contributed by atoms with E-state index in [4.69, 9.17) is 8.94 Å². The lowest BCUT2D eigenvalue weighted by molar-refractivity contribution is 0.102. The number of nitrogens with one attached hydrogen (secondary N) is 1. The number of carbonyl (C=O) groups is 1. The van der Waals surface area contributed by atoms with Gasteiger partial charge in [-0.25, -0.2) is 18.1 Å². The van der Waals surface area contributed by atoms with Gasteiger partial charge >= 0.3 is 0 Å². The van der Waals surface area contributed by atoms with Crippen LogP contribution in [0.5, 0.6) is 0 Å². The molecule has 0 bridgehead atoms. The molecular weight excluding hydrogens is 422 g/mol. The molecule has 0 saturated carbocycles. The Bertz CT molecular complexity index is 1400. The summed E-state index contributed by atoms with van der Waals surface area (Å²) >= 11 is 0. The van der Waals surface area contributed by atoms with Gasteiger partial charge in [0.15, 0.2) is 15.6 Å². The predicted octanol–water partition coefficient (Wildman–Crippen LogP) is 2.91. The van der Waals surface area contributed by atoms with Crippen molar-refractivity contribution < 1.29 is 22.2 Å². The SMILES string of the molecule is Cc1cc(NC(=O)c2cc(-c3ccco3)nc3onc(C)c23)n(C2CCS(=O)(=O)C2)n1. The van der Waals surface area contributed by atoms with Crippen LogP contribution < -0.4 is 5.32 Å². The van der Waals surface area contributed by atoms with Crippen LogP contribution >= 0.6 is 0 Å². The number of hydrogen-bond acceptors (Lipinski definition) is 8. The molecule has 0 aromatic carbocycles. The summed E-state index contributed by atoms with van der Waals surface area (Å²) in [4.78, 5) is 17.7. The zero-order valence-corrected chi connectivity index (χ0v) is 17.6. The summed E-state index contributed by atoms with van der Waals surface area (Å²) in [5, 5.41) is 11.7. The predicted molar refractivity (Wildman–Crippen MR) is 111 cm³/mol. The van der Waals surface area contributed by atoms with E-state index in [1.807, 2.05) is 0 Å². The smallest absolute Gasteiger partial charge is 0.259 e. The lowest BCUT2D eigenvalue weighted by Gasteiger charge is -2.14. The minimum Gasteiger partial charge on any atom is -0.463 e. The highest BCUT2D eigenvalue weighted by Crippen LogP contribution is 2.30. The fourth-order valence-corrected chi connectivity index (χ4v) is 5.56. The quantitative estimate of drug-likeness (QED) is 0.511. The molecule has 1 saturated heterocycles. The van der Waals surface area contributed by atoms with E-state index < -0.39 is 15.7 Å². The van der Waals surface area contributed by atoms with Crippen molar-refractivity contribution in [2.45, 2.75) is 26.3 Å². The van der Waals surface area contributed by atoms with Gasteiger partial charge in [0.25, 0.3) is 11.6 Å². The van der Waals surface area contributed by atoms with Crippen LogP contribution in [-0.2, 0) is 9.84 Å². The van der Waals surface area contributed by atoms with Crippen molar-refractivity contribution in [3.63, 3.8) is 0 Å². The van der Waals surface area contributed by atoms with E-state index >= 15 is 0 Å². The third kappa shape index (κ3) is 3.50. The number of aryl methyl sites for hydroxylation is 2. The number of fused-ring (bicyclic) bond motifs is 1. The van der Waals surface area contributed by atoms with Crippen molar-refractivity contribution in [2.24, 2.45) is 0 Å². The molecule has 1 N–H and O–H groups in total. The number of sulfone groups is 1. The van der Waals surface area contributed by atoms with E-state index in [1.165, 1.54) is 6.26 Å². The third-order valence-electron chi connectivity index (χ3n) is 5.29. The number of anilines is 1. The van der Waals surface area contributed by atoms with E-state index in [0.717, 1.165) is 0 Å². The van der Waals surface area contributed by atoms with E-state index in [-0.39, 0.29) is 23.3 Å². The molecule has 5 heterocycles. The van der Waals surface area contributed by atoms with Gasteiger partial charge in [0.05, 0.1) is 46.1 Å². The van der Waals surface area contributed by atoms with Gasteiger partial charge in [-0.3, -0.25) is 4.79 Å². The topological polar surface area (TPSA) is 133 Å². The number of rotatable bonds is 4. The Morgan fingerprint density at radius 2 is 2.13 bits per heavy atom. The Morgan fingerprint density at radius 1 is 1.29 bits per heavy atom. The van der Waals surface area contributed by atoms with Crippen LogP contribution in [0.2, 0.25) is 0 Å². The van der Waals surface area contributed by atoms with Crippen LogP contribution in [-0.4, -0.2) is 45.8 Å². The summed E-state index contributed by atoms with van der Waals surface area (Å²) in [5.74, 6) is 0.629. The zero-order chi connectivity index (χ0) is 21.8. The number of furan rings is 1. The second kappa shape index (κ2) is 7.05. The second-order valence-electron chi connectivity index (χ2n) is 7.61. The summed E-state index contributed by atoms with van der Waals surface area (Å²) in [5.41, 5.74) is 2.19. The van der Waals surface area contributed by atoms with Crippen molar-refractivity contribution in [1.29, 1.82) is 0 Å². The first kappa shape index (κ1) is 19.5. The first-order valence-corrected chi connectivity index (χ1v) is 11.5. The molecule has 4 aromatic rings. The van der Waals surface area contributed by atoms with Crippen molar-refractivity contribution in [3.8, 4) is 11.5 Å². The van der Waals surface area contributed by atoms with Crippen LogP contribution in [0, 0.1) is 13.8 Å². The lowest BCUT2D eigenvalue weighted by atomic mass is 10.1. The van der Waals surface area contributed by atoms with Crippen molar-refractivity contribution in [1.82, 2.24) is 19.9 Å². The van der Waals surface area contributed by atoms with Crippen molar-refractivity contribution in [3.05, 3.63) is 47.5 Å². The summed E-state index contributed by atoms with van der Waals surface area (Å²) in [6, 6.07) is 6.48. The molecule has 0 aliphatic carbocycles. The van der Waals surface area contributed by atoms with Gasteiger partial charge in [-0.1, -0.05) is 5.16 Å².